The van der Waals surface area contributed by atoms with Crippen molar-refractivity contribution in [1.29, 1.82) is 0 Å². The van der Waals surface area contributed by atoms with Gasteiger partial charge in [0.25, 0.3) is 5.91 Å². The number of nitrogens with zero attached hydrogens (tertiary/aromatic N) is 2. The zero-order chi connectivity index (χ0) is 17.3. The third-order valence-electron chi connectivity index (χ3n) is 5.44. The third-order valence-corrected chi connectivity index (χ3v) is 5.44. The minimum atomic E-state index is -0.891. The highest BCUT2D eigenvalue weighted by Gasteiger charge is 2.54. The molecule has 0 spiro atoms. The Kier molecular flexibility index (Phi) is 4.07. The Bertz CT molecular complexity index is 764. The molecule has 5 heteroatoms. The van der Waals surface area contributed by atoms with Crippen LogP contribution in [0.3, 0.4) is 0 Å². The molecule has 2 aliphatic rings. The number of nitrogens with two attached hydrogens (primary N) is 1. The van der Waals surface area contributed by atoms with E-state index in [1.165, 1.54) is 6.42 Å². The molecule has 1 atom stereocenters. The van der Waals surface area contributed by atoms with Crippen LogP contribution in [-0.2, 0) is 16.9 Å². The summed E-state index contributed by atoms with van der Waals surface area (Å²) >= 11 is 0. The van der Waals surface area contributed by atoms with E-state index in [1.807, 2.05) is 42.5 Å². The molecule has 25 heavy (non-hydrogen) atoms. The quantitative estimate of drug-likeness (QED) is 0.929. The minimum absolute atomic E-state index is 0.0282. The van der Waals surface area contributed by atoms with Crippen molar-refractivity contribution in [3.63, 3.8) is 0 Å². The van der Waals surface area contributed by atoms with Crippen molar-refractivity contribution < 1.29 is 9.21 Å². The molecule has 0 bridgehead atoms. The number of hydrogen-bond donors (Lipinski definition) is 1. The predicted molar refractivity (Wildman–Crippen MR) is 95.6 cm³/mol. The molecule has 1 fully saturated rings. The maximum atomic E-state index is 13.6. The van der Waals surface area contributed by atoms with E-state index in [4.69, 9.17) is 15.1 Å². The zero-order valence-electron chi connectivity index (χ0n) is 14.2. The topological polar surface area (TPSA) is 71.8 Å². The van der Waals surface area contributed by atoms with Gasteiger partial charge in [0.15, 0.2) is 11.5 Å². The summed E-state index contributed by atoms with van der Waals surface area (Å²) in [6.45, 7) is 0.322. The van der Waals surface area contributed by atoms with Crippen LogP contribution >= 0.6 is 0 Å². The fraction of sp³-hybridized carbons (Fsp3) is 0.400. The molecule has 1 aliphatic carbocycles. The average molecular weight is 337 g/mol. The SMILES string of the molecule is NC1=NC(c2ccccc2)(C2CCCCC2)C(=O)N1Cc1ccco1. The molecule has 5 nitrogen and oxygen atoms in total. The number of benzene rings is 1. The Morgan fingerprint density at radius 2 is 1.88 bits per heavy atom. The average Bonchev–Trinajstić information content (AvgIpc) is 3.26. The summed E-state index contributed by atoms with van der Waals surface area (Å²) in [6, 6.07) is 13.6. The number of aliphatic imine (C=N–C) groups is 1. The monoisotopic (exact) mass is 337 g/mol. The fourth-order valence-corrected chi connectivity index (χ4v) is 4.21. The Morgan fingerprint density at radius 3 is 2.56 bits per heavy atom. The van der Waals surface area contributed by atoms with E-state index in [0.717, 1.165) is 31.2 Å². The van der Waals surface area contributed by atoms with E-state index in [0.29, 0.717) is 12.3 Å². The summed E-state index contributed by atoms with van der Waals surface area (Å²) in [4.78, 5) is 19.9. The van der Waals surface area contributed by atoms with Gasteiger partial charge in [0, 0.05) is 0 Å². The fourth-order valence-electron chi connectivity index (χ4n) is 4.21. The lowest BCUT2D eigenvalue weighted by Gasteiger charge is -2.36. The van der Waals surface area contributed by atoms with Crippen molar-refractivity contribution in [3.8, 4) is 0 Å². The highest BCUT2D eigenvalue weighted by Crippen LogP contribution is 2.46. The van der Waals surface area contributed by atoms with Crippen LogP contribution in [0.2, 0.25) is 0 Å². The second-order valence-electron chi connectivity index (χ2n) is 6.91. The predicted octanol–water partition coefficient (Wildman–Crippen LogP) is 3.41. The van der Waals surface area contributed by atoms with Gasteiger partial charge in [0.1, 0.15) is 5.76 Å². The van der Waals surface area contributed by atoms with Gasteiger partial charge in [-0.05, 0) is 36.5 Å². The molecule has 2 N–H and O–H groups in total. The molecule has 1 saturated carbocycles. The minimum Gasteiger partial charge on any atom is -0.467 e. The first-order chi connectivity index (χ1) is 12.2. The van der Waals surface area contributed by atoms with Crippen LogP contribution in [-0.4, -0.2) is 16.8 Å². The van der Waals surface area contributed by atoms with Gasteiger partial charge in [-0.1, -0.05) is 49.6 Å². The van der Waals surface area contributed by atoms with Crippen molar-refractivity contribution in [2.45, 2.75) is 44.2 Å². The van der Waals surface area contributed by atoms with Crippen molar-refractivity contribution >= 4 is 11.9 Å². The third kappa shape index (κ3) is 2.64. The number of rotatable bonds is 4. The zero-order valence-corrected chi connectivity index (χ0v) is 14.2. The number of carbonyl (C=O) groups is 1. The Balaban J connectivity index is 1.75. The lowest BCUT2D eigenvalue weighted by molar-refractivity contribution is -0.134. The van der Waals surface area contributed by atoms with E-state index in [2.05, 4.69) is 0 Å². The molecule has 1 aromatic heterocycles. The van der Waals surface area contributed by atoms with Crippen LogP contribution in [0.4, 0.5) is 0 Å². The van der Waals surface area contributed by atoms with Gasteiger partial charge >= 0.3 is 0 Å². The smallest absolute Gasteiger partial charge is 0.262 e. The molecule has 1 amide bonds. The van der Waals surface area contributed by atoms with Crippen molar-refractivity contribution in [3.05, 3.63) is 60.1 Å². The van der Waals surface area contributed by atoms with E-state index >= 15 is 0 Å². The Morgan fingerprint density at radius 1 is 1.12 bits per heavy atom. The molecule has 1 unspecified atom stereocenters. The molecule has 1 aromatic carbocycles. The summed E-state index contributed by atoms with van der Waals surface area (Å²) in [6.07, 6.45) is 7.12. The molecular formula is C20H23N3O2. The van der Waals surface area contributed by atoms with E-state index in [1.54, 1.807) is 11.2 Å². The van der Waals surface area contributed by atoms with Gasteiger partial charge in [-0.3, -0.25) is 9.69 Å². The van der Waals surface area contributed by atoms with E-state index < -0.39 is 5.54 Å². The molecule has 1 aliphatic heterocycles. The summed E-state index contributed by atoms with van der Waals surface area (Å²) in [5, 5.41) is 0. The largest absolute Gasteiger partial charge is 0.467 e. The Hall–Kier alpha value is -2.56. The van der Waals surface area contributed by atoms with Crippen molar-refractivity contribution in [2.24, 2.45) is 16.6 Å². The van der Waals surface area contributed by atoms with Crippen molar-refractivity contribution in [2.75, 3.05) is 0 Å². The van der Waals surface area contributed by atoms with Gasteiger partial charge in [-0.25, -0.2) is 4.99 Å². The van der Waals surface area contributed by atoms with Gasteiger partial charge in [-0.15, -0.1) is 0 Å². The first-order valence-electron chi connectivity index (χ1n) is 8.97. The summed E-state index contributed by atoms with van der Waals surface area (Å²) in [5.74, 6) is 1.16. The molecule has 2 aromatic rings. The molecule has 2 heterocycles. The van der Waals surface area contributed by atoms with Crippen LogP contribution in [0.1, 0.15) is 43.4 Å². The summed E-state index contributed by atoms with van der Waals surface area (Å²) in [5.41, 5.74) is 6.27. The molecule has 4 rings (SSSR count). The van der Waals surface area contributed by atoms with E-state index in [-0.39, 0.29) is 17.8 Å². The highest BCUT2D eigenvalue weighted by atomic mass is 16.3. The number of amides is 1. The van der Waals surface area contributed by atoms with Gasteiger partial charge in [0.05, 0.1) is 12.8 Å². The standard InChI is InChI=1S/C20H23N3O2/c21-19-22-20(15-8-3-1-4-9-15,16-10-5-2-6-11-16)18(24)23(19)14-17-12-7-13-25-17/h1,3-4,7-9,12-13,16H,2,5-6,10-11,14H2,(H2,21,22). The van der Waals surface area contributed by atoms with E-state index in [9.17, 15) is 4.79 Å². The highest BCUT2D eigenvalue weighted by molar-refractivity contribution is 6.07. The van der Waals surface area contributed by atoms with Crippen LogP contribution in [0.15, 0.2) is 58.1 Å². The van der Waals surface area contributed by atoms with Gasteiger partial charge < -0.3 is 10.2 Å². The van der Waals surface area contributed by atoms with Crippen LogP contribution in [0, 0.1) is 5.92 Å². The second-order valence-corrected chi connectivity index (χ2v) is 6.91. The first kappa shape index (κ1) is 15.9. The molecule has 0 saturated heterocycles. The number of furan rings is 1. The normalized spacial score (nSPS) is 24.6. The Labute approximate surface area is 147 Å². The van der Waals surface area contributed by atoms with Crippen LogP contribution < -0.4 is 5.73 Å². The van der Waals surface area contributed by atoms with Crippen LogP contribution in [0.5, 0.6) is 0 Å². The summed E-state index contributed by atoms with van der Waals surface area (Å²) in [7, 11) is 0. The first-order valence-corrected chi connectivity index (χ1v) is 8.97. The maximum Gasteiger partial charge on any atom is 0.262 e. The second kappa shape index (κ2) is 6.39. The van der Waals surface area contributed by atoms with Crippen LogP contribution in [0.25, 0.3) is 0 Å². The number of carbonyl (C=O) groups excluding carboxylic acids is 1. The lowest BCUT2D eigenvalue weighted by Crippen LogP contribution is -2.46. The lowest BCUT2D eigenvalue weighted by atomic mass is 9.71. The number of hydrogen-bond acceptors (Lipinski definition) is 4. The van der Waals surface area contributed by atoms with Gasteiger partial charge in [0.2, 0.25) is 0 Å². The molecular weight excluding hydrogens is 314 g/mol. The van der Waals surface area contributed by atoms with Crippen molar-refractivity contribution in [1.82, 2.24) is 4.90 Å². The number of guanidine groups is 1. The molecule has 130 valence electrons. The van der Waals surface area contributed by atoms with Gasteiger partial charge in [-0.2, -0.15) is 0 Å². The molecule has 0 radical (unpaired) electrons. The summed E-state index contributed by atoms with van der Waals surface area (Å²) < 4.78 is 5.41. The maximum absolute atomic E-state index is 13.6.